The van der Waals surface area contributed by atoms with E-state index in [1.807, 2.05) is 6.07 Å². The number of halogens is 1. The van der Waals surface area contributed by atoms with Crippen molar-refractivity contribution in [1.82, 2.24) is 0 Å². The SMILES string of the molecule is Cc1ccccc1C(CCl)Cc1ccccc1. The summed E-state index contributed by atoms with van der Waals surface area (Å²) in [6.45, 7) is 2.15. The number of hydrogen-bond acceptors (Lipinski definition) is 0. The average Bonchev–Trinajstić information content (AvgIpc) is 2.38. The van der Waals surface area contributed by atoms with Gasteiger partial charge in [-0.3, -0.25) is 0 Å². The maximum Gasteiger partial charge on any atom is 0.0295 e. The molecule has 0 saturated carbocycles. The summed E-state index contributed by atoms with van der Waals surface area (Å²) < 4.78 is 0. The van der Waals surface area contributed by atoms with E-state index in [4.69, 9.17) is 11.6 Å². The van der Waals surface area contributed by atoms with Gasteiger partial charge < -0.3 is 0 Å². The van der Waals surface area contributed by atoms with Crippen LogP contribution in [0.2, 0.25) is 0 Å². The van der Waals surface area contributed by atoms with E-state index in [0.29, 0.717) is 11.8 Å². The van der Waals surface area contributed by atoms with Gasteiger partial charge in [-0.05, 0) is 30.0 Å². The molecule has 0 radical (unpaired) electrons. The number of rotatable bonds is 4. The van der Waals surface area contributed by atoms with Gasteiger partial charge in [-0.2, -0.15) is 0 Å². The van der Waals surface area contributed by atoms with Crippen LogP contribution in [0.3, 0.4) is 0 Å². The Balaban J connectivity index is 2.21. The molecule has 0 bridgehead atoms. The van der Waals surface area contributed by atoms with Crippen LogP contribution in [0.25, 0.3) is 0 Å². The number of hydrogen-bond donors (Lipinski definition) is 0. The second kappa shape index (κ2) is 5.88. The van der Waals surface area contributed by atoms with Crippen molar-refractivity contribution in [2.45, 2.75) is 19.3 Å². The third kappa shape index (κ3) is 3.10. The second-order valence-electron chi connectivity index (χ2n) is 4.40. The fraction of sp³-hybridized carbons (Fsp3) is 0.250. The van der Waals surface area contributed by atoms with Gasteiger partial charge in [-0.25, -0.2) is 0 Å². The zero-order chi connectivity index (χ0) is 12.1. The maximum atomic E-state index is 6.12. The Morgan fingerprint density at radius 3 is 2.24 bits per heavy atom. The quantitative estimate of drug-likeness (QED) is 0.692. The molecule has 0 aliphatic heterocycles. The predicted octanol–water partition coefficient (Wildman–Crippen LogP) is 4.56. The topological polar surface area (TPSA) is 0 Å². The highest BCUT2D eigenvalue weighted by Gasteiger charge is 2.12. The standard InChI is InChI=1S/C16H17Cl/c1-13-7-5-6-10-16(13)15(12-17)11-14-8-3-2-4-9-14/h2-10,15H,11-12H2,1H3. The smallest absolute Gasteiger partial charge is 0.0295 e. The molecule has 2 rings (SSSR count). The molecule has 1 atom stereocenters. The van der Waals surface area contributed by atoms with Crippen LogP contribution in [0.15, 0.2) is 54.6 Å². The fourth-order valence-electron chi connectivity index (χ4n) is 2.19. The molecule has 0 fully saturated rings. The van der Waals surface area contributed by atoms with Crippen LogP contribution in [-0.4, -0.2) is 5.88 Å². The summed E-state index contributed by atoms with van der Waals surface area (Å²) in [5.74, 6) is 1.07. The van der Waals surface area contributed by atoms with Crippen LogP contribution < -0.4 is 0 Å². The van der Waals surface area contributed by atoms with Crippen molar-refractivity contribution in [2.75, 3.05) is 5.88 Å². The molecule has 0 aromatic heterocycles. The summed E-state index contributed by atoms with van der Waals surface area (Å²) in [7, 11) is 0. The molecule has 17 heavy (non-hydrogen) atoms. The normalized spacial score (nSPS) is 12.4. The van der Waals surface area contributed by atoms with Crippen molar-refractivity contribution in [3.8, 4) is 0 Å². The maximum absolute atomic E-state index is 6.12. The highest BCUT2D eigenvalue weighted by Crippen LogP contribution is 2.25. The summed E-state index contributed by atoms with van der Waals surface area (Å²) in [4.78, 5) is 0. The second-order valence-corrected chi connectivity index (χ2v) is 4.71. The molecule has 0 N–H and O–H groups in total. The largest absolute Gasteiger partial charge is 0.126 e. The van der Waals surface area contributed by atoms with Gasteiger partial charge in [0.05, 0.1) is 0 Å². The molecule has 2 aromatic rings. The molecule has 0 saturated heterocycles. The van der Waals surface area contributed by atoms with Crippen LogP contribution in [-0.2, 0) is 6.42 Å². The molecule has 0 amide bonds. The summed E-state index contributed by atoms with van der Waals surface area (Å²) in [6.07, 6.45) is 1.01. The average molecular weight is 245 g/mol. The van der Waals surface area contributed by atoms with E-state index in [0.717, 1.165) is 6.42 Å². The first-order valence-electron chi connectivity index (χ1n) is 5.96. The Labute approximate surface area is 108 Å². The van der Waals surface area contributed by atoms with Gasteiger partial charge in [0.1, 0.15) is 0 Å². The van der Waals surface area contributed by atoms with E-state index in [1.54, 1.807) is 0 Å². The molecule has 0 spiro atoms. The Hall–Kier alpha value is -1.27. The highest BCUT2D eigenvalue weighted by molar-refractivity contribution is 6.18. The van der Waals surface area contributed by atoms with E-state index in [9.17, 15) is 0 Å². The lowest BCUT2D eigenvalue weighted by molar-refractivity contribution is 0.760. The lowest BCUT2D eigenvalue weighted by Crippen LogP contribution is -2.06. The summed E-state index contributed by atoms with van der Waals surface area (Å²) in [6, 6.07) is 19.0. The molecule has 0 heterocycles. The minimum atomic E-state index is 0.403. The van der Waals surface area contributed by atoms with Crippen LogP contribution >= 0.6 is 11.6 Å². The summed E-state index contributed by atoms with van der Waals surface area (Å²) in [5, 5.41) is 0. The van der Waals surface area contributed by atoms with Gasteiger partial charge >= 0.3 is 0 Å². The van der Waals surface area contributed by atoms with Crippen molar-refractivity contribution >= 4 is 11.6 Å². The number of aryl methyl sites for hydroxylation is 1. The van der Waals surface area contributed by atoms with Crippen molar-refractivity contribution in [2.24, 2.45) is 0 Å². The molecule has 0 aliphatic rings. The van der Waals surface area contributed by atoms with Gasteiger partial charge in [0.25, 0.3) is 0 Å². The predicted molar refractivity (Wildman–Crippen MR) is 74.8 cm³/mol. The van der Waals surface area contributed by atoms with Crippen molar-refractivity contribution in [3.05, 3.63) is 71.3 Å². The lowest BCUT2D eigenvalue weighted by Gasteiger charge is -2.16. The van der Waals surface area contributed by atoms with Gasteiger partial charge in [0.15, 0.2) is 0 Å². The van der Waals surface area contributed by atoms with Gasteiger partial charge in [0, 0.05) is 11.8 Å². The minimum Gasteiger partial charge on any atom is -0.126 e. The molecule has 0 aliphatic carbocycles. The van der Waals surface area contributed by atoms with Gasteiger partial charge in [0.2, 0.25) is 0 Å². The molecule has 0 nitrogen and oxygen atoms in total. The zero-order valence-corrected chi connectivity index (χ0v) is 10.8. The molecular weight excluding hydrogens is 228 g/mol. The molecule has 1 heteroatoms. The molecular formula is C16H17Cl. The third-order valence-electron chi connectivity index (χ3n) is 3.14. The van der Waals surface area contributed by atoms with Crippen LogP contribution in [0.1, 0.15) is 22.6 Å². The minimum absolute atomic E-state index is 0.403. The lowest BCUT2D eigenvalue weighted by atomic mass is 9.91. The monoisotopic (exact) mass is 244 g/mol. The van der Waals surface area contributed by atoms with E-state index >= 15 is 0 Å². The first-order valence-corrected chi connectivity index (χ1v) is 6.50. The Bertz CT molecular complexity index is 462. The highest BCUT2D eigenvalue weighted by atomic mass is 35.5. The van der Waals surface area contributed by atoms with Crippen molar-refractivity contribution in [1.29, 1.82) is 0 Å². The molecule has 88 valence electrons. The zero-order valence-electron chi connectivity index (χ0n) is 10.1. The van der Waals surface area contributed by atoms with Gasteiger partial charge in [-0.1, -0.05) is 54.6 Å². The Kier molecular flexibility index (Phi) is 4.22. The Morgan fingerprint density at radius 1 is 0.941 bits per heavy atom. The van der Waals surface area contributed by atoms with Crippen molar-refractivity contribution in [3.63, 3.8) is 0 Å². The van der Waals surface area contributed by atoms with E-state index in [2.05, 4.69) is 55.5 Å². The van der Waals surface area contributed by atoms with Crippen LogP contribution in [0.4, 0.5) is 0 Å². The van der Waals surface area contributed by atoms with E-state index in [-0.39, 0.29) is 0 Å². The molecule has 2 aromatic carbocycles. The Morgan fingerprint density at radius 2 is 1.59 bits per heavy atom. The van der Waals surface area contributed by atoms with E-state index < -0.39 is 0 Å². The number of benzene rings is 2. The first kappa shape index (κ1) is 12.2. The van der Waals surface area contributed by atoms with Crippen LogP contribution in [0, 0.1) is 6.92 Å². The summed E-state index contributed by atoms with van der Waals surface area (Å²) in [5.41, 5.74) is 4.04. The van der Waals surface area contributed by atoms with E-state index in [1.165, 1.54) is 16.7 Å². The summed E-state index contributed by atoms with van der Waals surface area (Å²) >= 11 is 6.12. The van der Waals surface area contributed by atoms with Crippen molar-refractivity contribution < 1.29 is 0 Å². The van der Waals surface area contributed by atoms with Crippen LogP contribution in [0.5, 0.6) is 0 Å². The fourth-order valence-corrected chi connectivity index (χ4v) is 2.47. The third-order valence-corrected chi connectivity index (χ3v) is 3.51. The van der Waals surface area contributed by atoms with Gasteiger partial charge in [-0.15, -0.1) is 11.6 Å². The molecule has 1 unspecified atom stereocenters. The number of alkyl halides is 1. The first-order chi connectivity index (χ1) is 8.31.